The van der Waals surface area contributed by atoms with Gasteiger partial charge in [-0.3, -0.25) is 14.5 Å². The van der Waals surface area contributed by atoms with E-state index in [0.717, 1.165) is 37.7 Å². The number of hydrogen-bond acceptors (Lipinski definition) is 3. The van der Waals surface area contributed by atoms with Gasteiger partial charge in [0.1, 0.15) is 17.7 Å². The quantitative estimate of drug-likeness (QED) is 0.477. The molecule has 33 heavy (non-hydrogen) atoms. The molecule has 0 spiro atoms. The van der Waals surface area contributed by atoms with E-state index in [9.17, 15) is 18.4 Å². The number of nitrogens with zero attached hydrogens (tertiary/aromatic N) is 1. The highest BCUT2D eigenvalue weighted by molar-refractivity contribution is 7.08. The Hall–Kier alpha value is -3.06. The molecule has 0 saturated heterocycles. The van der Waals surface area contributed by atoms with Crippen LogP contribution < -0.4 is 10.2 Å². The highest BCUT2D eigenvalue weighted by atomic mass is 32.1. The van der Waals surface area contributed by atoms with Gasteiger partial charge in [0.05, 0.1) is 6.42 Å². The van der Waals surface area contributed by atoms with E-state index in [4.69, 9.17) is 0 Å². The second-order valence-electron chi connectivity index (χ2n) is 8.35. The molecule has 2 aromatic carbocycles. The minimum absolute atomic E-state index is 0.0382. The summed E-state index contributed by atoms with van der Waals surface area (Å²) in [5.74, 6) is -1.48. The molecule has 2 amide bonds. The molecule has 0 aliphatic heterocycles. The van der Waals surface area contributed by atoms with E-state index in [1.807, 2.05) is 16.8 Å². The third kappa shape index (κ3) is 5.85. The van der Waals surface area contributed by atoms with Crippen LogP contribution in [-0.2, 0) is 16.0 Å². The Balaban J connectivity index is 1.73. The minimum Gasteiger partial charge on any atom is -0.351 e. The van der Waals surface area contributed by atoms with Crippen LogP contribution in [0.4, 0.5) is 14.5 Å². The van der Waals surface area contributed by atoms with Crippen molar-refractivity contribution in [3.8, 4) is 0 Å². The summed E-state index contributed by atoms with van der Waals surface area (Å²) in [7, 11) is 0. The number of hydrogen-bond donors (Lipinski definition) is 1. The fraction of sp³-hybridized carbons (Fsp3) is 0.308. The van der Waals surface area contributed by atoms with E-state index in [0.29, 0.717) is 11.3 Å². The van der Waals surface area contributed by atoms with E-state index in [2.05, 4.69) is 5.32 Å². The first kappa shape index (κ1) is 23.1. The number of carbonyl (C=O) groups is 2. The summed E-state index contributed by atoms with van der Waals surface area (Å²) in [6.07, 6.45) is 5.11. The van der Waals surface area contributed by atoms with Gasteiger partial charge < -0.3 is 5.32 Å². The van der Waals surface area contributed by atoms with Crippen LogP contribution in [0.15, 0.2) is 65.4 Å². The minimum atomic E-state index is -1.01. The van der Waals surface area contributed by atoms with Crippen LogP contribution in [0.3, 0.4) is 0 Å². The van der Waals surface area contributed by atoms with Crippen molar-refractivity contribution >= 4 is 28.8 Å². The maximum Gasteiger partial charge on any atom is 0.248 e. The third-order valence-electron chi connectivity index (χ3n) is 5.95. The average Bonchev–Trinajstić information content (AvgIpc) is 3.32. The van der Waals surface area contributed by atoms with Crippen LogP contribution in [0.25, 0.3) is 0 Å². The monoisotopic (exact) mass is 468 g/mol. The Bertz CT molecular complexity index is 1060. The molecule has 1 saturated carbocycles. The van der Waals surface area contributed by atoms with E-state index in [-0.39, 0.29) is 24.3 Å². The standard InChI is InChI=1S/C26H26F2N2O2S/c27-20-8-6-19(7-9-20)25(26(32)29-22-4-2-1-3-5-22)30(23-12-10-21(28)11-13-23)24(31)16-18-14-15-33-17-18/h6-15,17,22,25H,1-5,16H2,(H,29,32)/t25-/m0/s1. The molecule has 0 unspecified atom stereocenters. The Morgan fingerprint density at radius 3 is 2.18 bits per heavy atom. The summed E-state index contributed by atoms with van der Waals surface area (Å²) >= 11 is 1.49. The van der Waals surface area contributed by atoms with Crippen molar-refractivity contribution in [2.24, 2.45) is 0 Å². The first-order valence-electron chi connectivity index (χ1n) is 11.2. The largest absolute Gasteiger partial charge is 0.351 e. The summed E-state index contributed by atoms with van der Waals surface area (Å²) < 4.78 is 27.4. The fourth-order valence-corrected chi connectivity index (χ4v) is 4.95. The molecule has 7 heteroatoms. The number of rotatable bonds is 7. The Labute approximate surface area is 196 Å². The molecule has 4 nitrogen and oxygen atoms in total. The zero-order valence-corrected chi connectivity index (χ0v) is 19.0. The van der Waals surface area contributed by atoms with E-state index in [1.54, 1.807) is 0 Å². The molecule has 1 heterocycles. The van der Waals surface area contributed by atoms with Crippen LogP contribution in [0.1, 0.15) is 49.3 Å². The topological polar surface area (TPSA) is 49.4 Å². The lowest BCUT2D eigenvalue weighted by molar-refractivity contribution is -0.127. The van der Waals surface area contributed by atoms with Crippen LogP contribution in [0.5, 0.6) is 0 Å². The van der Waals surface area contributed by atoms with Crippen molar-refractivity contribution in [2.45, 2.75) is 50.6 Å². The Morgan fingerprint density at radius 1 is 0.939 bits per heavy atom. The van der Waals surface area contributed by atoms with Crippen molar-refractivity contribution in [3.05, 3.63) is 88.1 Å². The molecular formula is C26H26F2N2O2S. The van der Waals surface area contributed by atoms with Crippen molar-refractivity contribution in [1.82, 2.24) is 5.32 Å². The number of anilines is 1. The van der Waals surface area contributed by atoms with E-state index in [1.165, 1.54) is 64.8 Å². The molecule has 1 aliphatic carbocycles. The second kappa shape index (κ2) is 10.7. The van der Waals surface area contributed by atoms with Gasteiger partial charge in [-0.25, -0.2) is 8.78 Å². The Kier molecular flexibility index (Phi) is 7.50. The van der Waals surface area contributed by atoms with Gasteiger partial charge in [0.25, 0.3) is 0 Å². The first-order valence-corrected chi connectivity index (χ1v) is 12.1. The maximum absolute atomic E-state index is 13.7. The SMILES string of the molecule is O=C(NC1CCCCC1)[C@H](c1ccc(F)cc1)N(C(=O)Cc1ccsc1)c1ccc(F)cc1. The fourth-order valence-electron chi connectivity index (χ4n) is 4.28. The van der Waals surface area contributed by atoms with E-state index >= 15 is 0 Å². The van der Waals surface area contributed by atoms with Gasteiger partial charge in [-0.15, -0.1) is 0 Å². The van der Waals surface area contributed by atoms with Crippen LogP contribution in [-0.4, -0.2) is 17.9 Å². The first-order chi connectivity index (χ1) is 16.0. The highest BCUT2D eigenvalue weighted by Crippen LogP contribution is 2.30. The maximum atomic E-state index is 13.7. The number of thiophene rings is 1. The number of amides is 2. The lowest BCUT2D eigenvalue weighted by Crippen LogP contribution is -2.47. The smallest absolute Gasteiger partial charge is 0.248 e. The van der Waals surface area contributed by atoms with Crippen molar-refractivity contribution in [3.63, 3.8) is 0 Å². The zero-order chi connectivity index (χ0) is 23.2. The van der Waals surface area contributed by atoms with Crippen LogP contribution >= 0.6 is 11.3 Å². The molecule has 0 radical (unpaired) electrons. The zero-order valence-electron chi connectivity index (χ0n) is 18.2. The summed E-state index contributed by atoms with van der Waals surface area (Å²) in [5.41, 5.74) is 1.74. The van der Waals surface area contributed by atoms with Gasteiger partial charge in [-0.05, 0) is 77.2 Å². The van der Waals surface area contributed by atoms with Gasteiger partial charge >= 0.3 is 0 Å². The number of benzene rings is 2. The molecule has 3 aromatic rings. The number of halogens is 2. The number of nitrogens with one attached hydrogen (secondary N) is 1. The predicted molar refractivity (Wildman–Crippen MR) is 126 cm³/mol. The van der Waals surface area contributed by atoms with E-state index < -0.39 is 17.7 Å². The molecule has 1 aliphatic rings. The molecule has 1 N–H and O–H groups in total. The highest BCUT2D eigenvalue weighted by Gasteiger charge is 2.34. The number of carbonyl (C=O) groups excluding carboxylic acids is 2. The van der Waals surface area contributed by atoms with Gasteiger partial charge in [-0.1, -0.05) is 31.4 Å². The molecular weight excluding hydrogens is 442 g/mol. The summed E-state index contributed by atoms with van der Waals surface area (Å²) in [6.45, 7) is 0. The molecule has 1 fully saturated rings. The molecule has 4 rings (SSSR count). The predicted octanol–water partition coefficient (Wildman–Crippen LogP) is 5.79. The lowest BCUT2D eigenvalue weighted by Gasteiger charge is -2.33. The lowest BCUT2D eigenvalue weighted by atomic mass is 9.94. The van der Waals surface area contributed by atoms with Crippen molar-refractivity contribution in [1.29, 1.82) is 0 Å². The summed E-state index contributed by atoms with van der Waals surface area (Å²) in [5, 5.41) is 6.88. The normalized spacial score (nSPS) is 15.1. The van der Waals surface area contributed by atoms with Gasteiger partial charge in [0.15, 0.2) is 0 Å². The molecule has 1 atom stereocenters. The molecule has 1 aromatic heterocycles. The van der Waals surface area contributed by atoms with Gasteiger partial charge in [-0.2, -0.15) is 11.3 Å². The Morgan fingerprint density at radius 2 is 1.58 bits per heavy atom. The van der Waals surface area contributed by atoms with Crippen molar-refractivity contribution < 1.29 is 18.4 Å². The van der Waals surface area contributed by atoms with Crippen molar-refractivity contribution in [2.75, 3.05) is 4.90 Å². The summed E-state index contributed by atoms with van der Waals surface area (Å²) in [4.78, 5) is 28.6. The molecule has 0 bridgehead atoms. The third-order valence-corrected chi connectivity index (χ3v) is 6.68. The average molecular weight is 469 g/mol. The van der Waals surface area contributed by atoms with Gasteiger partial charge in [0, 0.05) is 11.7 Å². The van der Waals surface area contributed by atoms with Crippen LogP contribution in [0.2, 0.25) is 0 Å². The molecule has 172 valence electrons. The van der Waals surface area contributed by atoms with Gasteiger partial charge in [0.2, 0.25) is 11.8 Å². The van der Waals surface area contributed by atoms with Crippen LogP contribution in [0, 0.1) is 11.6 Å². The second-order valence-corrected chi connectivity index (χ2v) is 9.13. The summed E-state index contributed by atoms with van der Waals surface area (Å²) in [6, 6.07) is 12.0.